The summed E-state index contributed by atoms with van der Waals surface area (Å²) in [4.78, 5) is 25.0. The largest absolute Gasteiger partial charge is 0.465 e. The Bertz CT molecular complexity index is 998. The summed E-state index contributed by atoms with van der Waals surface area (Å²) in [5.41, 5.74) is 7.12. The third-order valence-corrected chi connectivity index (χ3v) is 6.64. The van der Waals surface area contributed by atoms with E-state index in [1.165, 1.54) is 5.56 Å². The number of hydrogen-bond donors (Lipinski definition) is 1. The van der Waals surface area contributed by atoms with Crippen molar-refractivity contribution in [1.82, 2.24) is 0 Å². The molecule has 30 heavy (non-hydrogen) atoms. The molecule has 4 heteroatoms. The minimum Gasteiger partial charge on any atom is -0.465 e. The number of fused-ring (bicyclic) bond motifs is 1. The maximum atomic E-state index is 12.6. The maximum Gasteiger partial charge on any atom is 0.313 e. The van der Waals surface area contributed by atoms with Crippen LogP contribution in [0.3, 0.4) is 0 Å². The van der Waals surface area contributed by atoms with Crippen LogP contribution < -0.4 is 5.32 Å². The quantitative estimate of drug-likeness (QED) is 0.574. The van der Waals surface area contributed by atoms with Gasteiger partial charge in [-0.15, -0.1) is 0 Å². The molecular formula is C26H29NO3. The number of esters is 1. The number of allylic oxidation sites excluding steroid dienone is 1. The van der Waals surface area contributed by atoms with Crippen LogP contribution in [0.4, 0.5) is 5.69 Å². The van der Waals surface area contributed by atoms with Gasteiger partial charge in [-0.1, -0.05) is 42.0 Å². The number of hydrogen-bond acceptors (Lipinski definition) is 3. The average Bonchev–Trinajstić information content (AvgIpc) is 3.14. The summed E-state index contributed by atoms with van der Waals surface area (Å²) in [6.45, 7) is 10.8. The highest BCUT2D eigenvalue weighted by Gasteiger charge is 2.55. The van der Waals surface area contributed by atoms with Gasteiger partial charge < -0.3 is 10.1 Å². The van der Waals surface area contributed by atoms with Crippen molar-refractivity contribution < 1.29 is 14.3 Å². The smallest absolute Gasteiger partial charge is 0.313 e. The van der Waals surface area contributed by atoms with Gasteiger partial charge in [0.1, 0.15) is 0 Å². The first kappa shape index (κ1) is 20.4. The lowest BCUT2D eigenvalue weighted by Gasteiger charge is -2.24. The van der Waals surface area contributed by atoms with Crippen LogP contribution in [0.2, 0.25) is 0 Å². The normalized spacial score (nSPS) is 22.7. The Morgan fingerprint density at radius 2 is 1.83 bits per heavy atom. The summed E-state index contributed by atoms with van der Waals surface area (Å²) in [6, 6.07) is 12.0. The Hall–Kier alpha value is -2.88. The molecule has 0 spiro atoms. The van der Waals surface area contributed by atoms with E-state index < -0.39 is 5.41 Å². The highest BCUT2D eigenvalue weighted by Crippen LogP contribution is 2.52. The van der Waals surface area contributed by atoms with Crippen molar-refractivity contribution >= 4 is 17.6 Å². The van der Waals surface area contributed by atoms with E-state index >= 15 is 0 Å². The standard InChI is InChI=1S/C26H29NO3/c1-16-9-18(3)23(19(4)10-16)12-24(28)27-22-7-5-20(6-8-22)14-26-13-17(2)11-21(26)15-30-25(26)29/h5-10,21H,2,11-15H2,1,3-4H3,(H,27,28). The fourth-order valence-corrected chi connectivity index (χ4v) is 5.19. The lowest BCUT2D eigenvalue weighted by molar-refractivity contribution is -0.146. The number of carbonyl (C=O) groups excluding carboxylic acids is 2. The molecule has 2 unspecified atom stereocenters. The number of nitrogens with one attached hydrogen (secondary N) is 1. The van der Waals surface area contributed by atoms with E-state index in [-0.39, 0.29) is 17.8 Å². The molecule has 2 atom stereocenters. The van der Waals surface area contributed by atoms with Gasteiger partial charge in [-0.25, -0.2) is 0 Å². The minimum absolute atomic E-state index is 0.0251. The number of cyclic esters (lactones) is 1. The molecule has 1 saturated heterocycles. The summed E-state index contributed by atoms with van der Waals surface area (Å²) in [5.74, 6) is 0.119. The number of aryl methyl sites for hydroxylation is 3. The van der Waals surface area contributed by atoms with Crippen molar-refractivity contribution in [2.75, 3.05) is 11.9 Å². The van der Waals surface area contributed by atoms with E-state index in [1.807, 2.05) is 24.3 Å². The van der Waals surface area contributed by atoms with Crippen LogP contribution in [0.5, 0.6) is 0 Å². The number of benzene rings is 2. The van der Waals surface area contributed by atoms with E-state index in [4.69, 9.17) is 4.74 Å². The lowest BCUT2D eigenvalue weighted by Crippen LogP contribution is -2.31. The van der Waals surface area contributed by atoms with E-state index in [9.17, 15) is 9.59 Å². The van der Waals surface area contributed by atoms with Crippen molar-refractivity contribution in [2.45, 2.75) is 46.5 Å². The second-order valence-corrected chi connectivity index (χ2v) is 9.06. The van der Waals surface area contributed by atoms with Crippen LogP contribution in [-0.4, -0.2) is 18.5 Å². The number of anilines is 1. The van der Waals surface area contributed by atoms with Crippen LogP contribution in [-0.2, 0) is 27.2 Å². The van der Waals surface area contributed by atoms with Crippen molar-refractivity contribution in [3.8, 4) is 0 Å². The van der Waals surface area contributed by atoms with Crippen LogP contribution in [0.15, 0.2) is 48.6 Å². The first-order valence-corrected chi connectivity index (χ1v) is 10.6. The van der Waals surface area contributed by atoms with Gasteiger partial charge in [0.25, 0.3) is 0 Å². The molecule has 1 aliphatic carbocycles. The molecule has 1 saturated carbocycles. The highest BCUT2D eigenvalue weighted by atomic mass is 16.5. The molecule has 0 aromatic heterocycles. The summed E-state index contributed by atoms with van der Waals surface area (Å²) >= 11 is 0. The Balaban J connectivity index is 1.42. The number of amides is 1. The van der Waals surface area contributed by atoms with Crippen molar-refractivity contribution in [1.29, 1.82) is 0 Å². The van der Waals surface area contributed by atoms with Crippen molar-refractivity contribution in [3.63, 3.8) is 0 Å². The topological polar surface area (TPSA) is 55.4 Å². The van der Waals surface area contributed by atoms with Gasteiger partial charge >= 0.3 is 5.97 Å². The molecule has 2 aromatic carbocycles. The fourth-order valence-electron chi connectivity index (χ4n) is 5.19. The molecule has 2 fully saturated rings. The third kappa shape index (κ3) is 3.79. The Kier molecular flexibility index (Phi) is 5.27. The molecule has 4 nitrogen and oxygen atoms in total. The minimum atomic E-state index is -0.456. The highest BCUT2D eigenvalue weighted by molar-refractivity contribution is 5.92. The monoisotopic (exact) mass is 403 g/mol. The van der Waals surface area contributed by atoms with Gasteiger partial charge in [-0.2, -0.15) is 0 Å². The maximum absolute atomic E-state index is 12.6. The second kappa shape index (κ2) is 7.75. The summed E-state index contributed by atoms with van der Waals surface area (Å²) in [5, 5.41) is 3.00. The van der Waals surface area contributed by atoms with Crippen LogP contribution in [0, 0.1) is 32.1 Å². The van der Waals surface area contributed by atoms with Gasteiger partial charge in [0.15, 0.2) is 0 Å². The zero-order chi connectivity index (χ0) is 21.5. The SMILES string of the molecule is C=C1CC2COC(=O)C2(Cc2ccc(NC(=O)Cc3c(C)cc(C)cc3C)cc2)C1. The lowest BCUT2D eigenvalue weighted by atomic mass is 9.75. The van der Waals surface area contributed by atoms with E-state index in [2.05, 4.69) is 44.8 Å². The summed E-state index contributed by atoms with van der Waals surface area (Å²) < 4.78 is 5.37. The van der Waals surface area contributed by atoms with Gasteiger partial charge in [0.2, 0.25) is 5.91 Å². The Labute approximate surface area is 178 Å². The van der Waals surface area contributed by atoms with Gasteiger partial charge in [0.05, 0.1) is 18.4 Å². The molecular weight excluding hydrogens is 374 g/mol. The van der Waals surface area contributed by atoms with Crippen molar-refractivity contribution in [2.24, 2.45) is 11.3 Å². The molecule has 2 aliphatic rings. The average molecular weight is 404 g/mol. The van der Waals surface area contributed by atoms with Gasteiger partial charge in [-0.3, -0.25) is 9.59 Å². The van der Waals surface area contributed by atoms with Crippen LogP contribution in [0.1, 0.15) is 40.7 Å². The van der Waals surface area contributed by atoms with Gasteiger partial charge in [-0.05, 0) is 74.4 Å². The van der Waals surface area contributed by atoms with Gasteiger partial charge in [0, 0.05) is 11.6 Å². The zero-order valence-corrected chi connectivity index (χ0v) is 18.0. The molecule has 4 rings (SSSR count). The summed E-state index contributed by atoms with van der Waals surface area (Å²) in [7, 11) is 0. The van der Waals surface area contributed by atoms with Crippen LogP contribution in [0.25, 0.3) is 0 Å². The third-order valence-electron chi connectivity index (χ3n) is 6.64. The second-order valence-electron chi connectivity index (χ2n) is 9.06. The molecule has 156 valence electrons. The van der Waals surface area contributed by atoms with E-state index in [1.54, 1.807) is 0 Å². The number of carbonyl (C=O) groups is 2. The number of ether oxygens (including phenoxy) is 1. The Morgan fingerprint density at radius 3 is 2.50 bits per heavy atom. The van der Waals surface area contributed by atoms with Crippen molar-refractivity contribution in [3.05, 3.63) is 76.4 Å². The predicted molar refractivity (Wildman–Crippen MR) is 118 cm³/mol. The molecule has 1 aliphatic heterocycles. The molecule has 2 aromatic rings. The first-order valence-electron chi connectivity index (χ1n) is 10.6. The molecule has 1 N–H and O–H groups in total. The van der Waals surface area contributed by atoms with Crippen LogP contribution >= 0.6 is 0 Å². The molecule has 1 heterocycles. The van der Waals surface area contributed by atoms with E-state index in [0.717, 1.165) is 39.9 Å². The first-order chi connectivity index (χ1) is 14.3. The predicted octanol–water partition coefficient (Wildman–Crippen LogP) is 4.84. The molecule has 1 amide bonds. The number of rotatable bonds is 5. The molecule has 0 radical (unpaired) electrons. The fraction of sp³-hybridized carbons (Fsp3) is 0.385. The Morgan fingerprint density at radius 1 is 1.17 bits per heavy atom. The summed E-state index contributed by atoms with van der Waals surface area (Å²) in [6.07, 6.45) is 2.60. The molecule has 0 bridgehead atoms. The van der Waals surface area contributed by atoms with E-state index in [0.29, 0.717) is 25.9 Å². The zero-order valence-electron chi connectivity index (χ0n) is 18.0.